The molecule has 1 aromatic heterocycles. The number of aliphatic hydroxyl groups excluding tert-OH is 1. The van der Waals surface area contributed by atoms with E-state index in [1.807, 2.05) is 12.1 Å². The Balaban J connectivity index is 1.64. The highest BCUT2D eigenvalue weighted by Gasteiger charge is 2.50. The van der Waals surface area contributed by atoms with Crippen molar-refractivity contribution in [3.05, 3.63) is 71.7 Å². The standard InChI is InChI=1S/C22H21FN2O4/c23-17-3-1-2-14(10-17)12-22(21(28)29)13-25(9-7-19(22)26)20(27)16-5-4-15-6-8-24-18(15)11-16/h1-6,8,10-11,19,24,26H,7,9,12-13H2,(H,28,29)/t19-,22+/m0/s1. The molecule has 0 saturated carbocycles. The molecule has 1 aliphatic rings. The van der Waals surface area contributed by atoms with Crippen molar-refractivity contribution in [1.29, 1.82) is 0 Å². The first-order valence-corrected chi connectivity index (χ1v) is 9.41. The molecule has 1 saturated heterocycles. The Morgan fingerprint density at radius 1 is 1.21 bits per heavy atom. The summed E-state index contributed by atoms with van der Waals surface area (Å²) < 4.78 is 13.6. The number of hydrogen-bond donors (Lipinski definition) is 3. The minimum atomic E-state index is -1.60. The van der Waals surface area contributed by atoms with Crippen LogP contribution < -0.4 is 0 Å². The van der Waals surface area contributed by atoms with Crippen LogP contribution >= 0.6 is 0 Å². The fourth-order valence-corrected chi connectivity index (χ4v) is 4.09. The molecular weight excluding hydrogens is 375 g/mol. The number of piperidine rings is 1. The topological polar surface area (TPSA) is 93.6 Å². The van der Waals surface area contributed by atoms with E-state index in [0.717, 1.165) is 10.9 Å². The van der Waals surface area contributed by atoms with E-state index < -0.39 is 23.3 Å². The predicted molar refractivity (Wildman–Crippen MR) is 105 cm³/mol. The summed E-state index contributed by atoms with van der Waals surface area (Å²) >= 11 is 0. The number of H-pyrrole nitrogens is 1. The molecule has 1 amide bonds. The number of aliphatic carboxylic acids is 1. The number of carboxylic acid groups (broad SMARTS) is 1. The van der Waals surface area contributed by atoms with Crippen molar-refractivity contribution in [3.63, 3.8) is 0 Å². The van der Waals surface area contributed by atoms with Crippen LogP contribution in [0.15, 0.2) is 54.7 Å². The maximum absolute atomic E-state index is 13.6. The highest BCUT2D eigenvalue weighted by atomic mass is 19.1. The van der Waals surface area contributed by atoms with Gasteiger partial charge in [-0.15, -0.1) is 0 Å². The van der Waals surface area contributed by atoms with Gasteiger partial charge in [0.05, 0.1) is 6.10 Å². The summed E-state index contributed by atoms with van der Waals surface area (Å²) in [6, 6.07) is 12.8. The summed E-state index contributed by atoms with van der Waals surface area (Å²) in [5.74, 6) is -1.97. The number of carbonyl (C=O) groups excluding carboxylic acids is 1. The quantitative estimate of drug-likeness (QED) is 0.632. The molecule has 0 aliphatic carbocycles. The molecular formula is C22H21FN2O4. The molecule has 7 heteroatoms. The van der Waals surface area contributed by atoms with Gasteiger partial charge in [-0.3, -0.25) is 9.59 Å². The number of fused-ring (bicyclic) bond motifs is 1. The molecule has 0 spiro atoms. The molecule has 2 aromatic carbocycles. The van der Waals surface area contributed by atoms with Gasteiger partial charge >= 0.3 is 5.97 Å². The third kappa shape index (κ3) is 3.49. The Labute approximate surface area is 166 Å². The summed E-state index contributed by atoms with van der Waals surface area (Å²) in [7, 11) is 0. The molecule has 6 nitrogen and oxygen atoms in total. The van der Waals surface area contributed by atoms with Crippen molar-refractivity contribution in [2.45, 2.75) is 18.9 Å². The average molecular weight is 396 g/mol. The van der Waals surface area contributed by atoms with E-state index in [-0.39, 0.29) is 31.8 Å². The minimum absolute atomic E-state index is 0.0687. The summed E-state index contributed by atoms with van der Waals surface area (Å²) in [4.78, 5) is 29.8. The molecule has 29 heavy (non-hydrogen) atoms. The van der Waals surface area contributed by atoms with E-state index in [0.29, 0.717) is 11.1 Å². The Morgan fingerprint density at radius 3 is 2.79 bits per heavy atom. The maximum atomic E-state index is 13.6. The van der Waals surface area contributed by atoms with Gasteiger partial charge in [0, 0.05) is 30.4 Å². The van der Waals surface area contributed by atoms with Crippen molar-refractivity contribution in [2.75, 3.05) is 13.1 Å². The number of likely N-dealkylation sites (tertiary alicyclic amines) is 1. The second-order valence-corrected chi connectivity index (χ2v) is 7.58. The van der Waals surface area contributed by atoms with E-state index in [9.17, 15) is 24.2 Å². The highest BCUT2D eigenvalue weighted by Crippen LogP contribution is 2.35. The van der Waals surface area contributed by atoms with Crippen LogP contribution in [-0.2, 0) is 11.2 Å². The Bertz CT molecular complexity index is 1080. The number of halogens is 1. The number of nitrogens with zero attached hydrogens (tertiary/aromatic N) is 1. The largest absolute Gasteiger partial charge is 0.481 e. The third-order valence-electron chi connectivity index (χ3n) is 5.71. The zero-order valence-electron chi connectivity index (χ0n) is 15.6. The third-order valence-corrected chi connectivity index (χ3v) is 5.71. The molecule has 1 fully saturated rings. The lowest BCUT2D eigenvalue weighted by atomic mass is 9.72. The van der Waals surface area contributed by atoms with Crippen LogP contribution in [-0.4, -0.2) is 51.2 Å². The molecule has 0 unspecified atom stereocenters. The van der Waals surface area contributed by atoms with Crippen LogP contribution in [0, 0.1) is 11.2 Å². The number of amides is 1. The summed E-state index contributed by atoms with van der Waals surface area (Å²) in [6.07, 6.45) is 0.710. The first-order valence-electron chi connectivity index (χ1n) is 9.41. The summed E-state index contributed by atoms with van der Waals surface area (Å²) in [5, 5.41) is 21.5. The number of carboxylic acids is 1. The smallest absolute Gasteiger partial charge is 0.314 e. The summed E-state index contributed by atoms with van der Waals surface area (Å²) in [6.45, 7) is 0.0998. The molecule has 3 N–H and O–H groups in total. The zero-order valence-corrected chi connectivity index (χ0v) is 15.6. The second kappa shape index (κ2) is 7.33. The highest BCUT2D eigenvalue weighted by molar-refractivity contribution is 5.98. The number of benzene rings is 2. The monoisotopic (exact) mass is 396 g/mol. The van der Waals surface area contributed by atoms with E-state index in [1.54, 1.807) is 24.4 Å². The lowest BCUT2D eigenvalue weighted by Crippen LogP contribution is -2.58. The van der Waals surface area contributed by atoms with Gasteiger partial charge in [0.1, 0.15) is 11.2 Å². The molecule has 0 radical (unpaired) electrons. The normalized spacial score (nSPS) is 22.0. The van der Waals surface area contributed by atoms with Gasteiger partial charge in [-0.1, -0.05) is 18.2 Å². The molecule has 2 atom stereocenters. The maximum Gasteiger partial charge on any atom is 0.314 e. The molecule has 1 aliphatic heterocycles. The fraction of sp³-hybridized carbons (Fsp3) is 0.273. The molecule has 4 rings (SSSR count). The Morgan fingerprint density at radius 2 is 2.03 bits per heavy atom. The van der Waals surface area contributed by atoms with E-state index >= 15 is 0 Å². The van der Waals surface area contributed by atoms with Crippen molar-refractivity contribution >= 4 is 22.8 Å². The number of carbonyl (C=O) groups is 2. The van der Waals surface area contributed by atoms with Gasteiger partial charge in [0.25, 0.3) is 5.91 Å². The van der Waals surface area contributed by atoms with Gasteiger partial charge in [0.15, 0.2) is 0 Å². The second-order valence-electron chi connectivity index (χ2n) is 7.58. The van der Waals surface area contributed by atoms with Gasteiger partial charge in [-0.25, -0.2) is 4.39 Å². The SMILES string of the molecule is O=C(c1ccc2cc[nH]c2c1)N1CC[C@H](O)[C@](Cc2cccc(F)c2)(C(=O)O)C1. The number of rotatable bonds is 4. The Kier molecular flexibility index (Phi) is 4.84. The van der Waals surface area contributed by atoms with Gasteiger partial charge in [0.2, 0.25) is 0 Å². The summed E-state index contributed by atoms with van der Waals surface area (Å²) in [5.41, 5.74) is 0.130. The van der Waals surface area contributed by atoms with Crippen LogP contribution in [0.5, 0.6) is 0 Å². The molecule has 2 heterocycles. The van der Waals surface area contributed by atoms with E-state index in [2.05, 4.69) is 4.98 Å². The van der Waals surface area contributed by atoms with Crippen LogP contribution in [0.1, 0.15) is 22.3 Å². The Hall–Kier alpha value is -3.19. The molecule has 150 valence electrons. The number of aromatic amines is 1. The number of aliphatic hydroxyl groups is 1. The van der Waals surface area contributed by atoms with Crippen LogP contribution in [0.3, 0.4) is 0 Å². The first kappa shape index (κ1) is 19.1. The van der Waals surface area contributed by atoms with Crippen molar-refractivity contribution in [1.82, 2.24) is 9.88 Å². The average Bonchev–Trinajstić information content (AvgIpc) is 3.17. The van der Waals surface area contributed by atoms with Gasteiger partial charge < -0.3 is 20.1 Å². The predicted octanol–water partition coefficient (Wildman–Crippen LogP) is 2.83. The van der Waals surface area contributed by atoms with Crippen LogP contribution in [0.4, 0.5) is 4.39 Å². The first-order chi connectivity index (χ1) is 13.9. The van der Waals surface area contributed by atoms with E-state index in [4.69, 9.17) is 0 Å². The minimum Gasteiger partial charge on any atom is -0.481 e. The number of nitrogens with one attached hydrogen (secondary N) is 1. The zero-order chi connectivity index (χ0) is 20.6. The van der Waals surface area contributed by atoms with Crippen molar-refractivity contribution in [2.24, 2.45) is 5.41 Å². The van der Waals surface area contributed by atoms with Gasteiger partial charge in [-0.05, 0) is 54.1 Å². The van der Waals surface area contributed by atoms with E-state index in [1.165, 1.54) is 23.1 Å². The van der Waals surface area contributed by atoms with Crippen molar-refractivity contribution < 1.29 is 24.2 Å². The lowest BCUT2D eigenvalue weighted by molar-refractivity contribution is -0.161. The fourth-order valence-electron chi connectivity index (χ4n) is 4.09. The van der Waals surface area contributed by atoms with Gasteiger partial charge in [-0.2, -0.15) is 0 Å². The van der Waals surface area contributed by atoms with Crippen molar-refractivity contribution in [3.8, 4) is 0 Å². The number of aromatic nitrogens is 1. The number of hydrogen-bond acceptors (Lipinski definition) is 3. The molecule has 0 bridgehead atoms. The lowest BCUT2D eigenvalue weighted by Gasteiger charge is -2.43. The molecule has 3 aromatic rings. The van der Waals surface area contributed by atoms with Crippen LogP contribution in [0.2, 0.25) is 0 Å². The van der Waals surface area contributed by atoms with Crippen LogP contribution in [0.25, 0.3) is 10.9 Å².